The highest BCUT2D eigenvalue weighted by Crippen LogP contribution is 2.46. The Balaban J connectivity index is 2.01. The summed E-state index contributed by atoms with van der Waals surface area (Å²) in [5.41, 5.74) is 2.50. The summed E-state index contributed by atoms with van der Waals surface area (Å²) in [6.07, 6.45) is 3.60. The zero-order valence-electron chi connectivity index (χ0n) is 14.9. The van der Waals surface area contributed by atoms with E-state index in [2.05, 4.69) is 17.1 Å². The molecule has 4 aromatic rings. The lowest BCUT2D eigenvalue weighted by molar-refractivity contribution is 0.0624. The molecule has 1 heterocycles. The Morgan fingerprint density at radius 2 is 1.07 bits per heavy atom. The number of hydrogen-bond donors (Lipinski definition) is 1. The molecular formula is C25H21NO. The van der Waals surface area contributed by atoms with E-state index in [1.54, 1.807) is 6.20 Å². The maximum atomic E-state index is 12.3. The zero-order valence-corrected chi connectivity index (χ0v) is 14.9. The van der Waals surface area contributed by atoms with Gasteiger partial charge in [-0.15, -0.1) is 0 Å². The molecule has 4 rings (SSSR count). The molecule has 3 aromatic carbocycles. The van der Waals surface area contributed by atoms with Crippen LogP contribution in [0.1, 0.15) is 28.2 Å². The summed E-state index contributed by atoms with van der Waals surface area (Å²) in [7, 11) is 0. The second kappa shape index (κ2) is 7.56. The average molecular weight is 351 g/mol. The minimum absolute atomic E-state index is 0.294. The van der Waals surface area contributed by atoms with Crippen LogP contribution in [0.25, 0.3) is 0 Å². The third-order valence-electron chi connectivity index (χ3n) is 5.00. The summed E-state index contributed by atoms with van der Waals surface area (Å²) < 4.78 is 0. The van der Waals surface area contributed by atoms with Crippen molar-refractivity contribution in [3.63, 3.8) is 0 Å². The minimum atomic E-state index is -1.23. The van der Waals surface area contributed by atoms with Crippen LogP contribution in [0.3, 0.4) is 0 Å². The van der Waals surface area contributed by atoms with Gasteiger partial charge in [-0.3, -0.25) is 4.98 Å². The van der Waals surface area contributed by atoms with Crippen molar-refractivity contribution in [2.45, 2.75) is 11.5 Å². The summed E-state index contributed by atoms with van der Waals surface area (Å²) >= 11 is 0. The van der Waals surface area contributed by atoms with E-state index < -0.39 is 5.60 Å². The normalized spacial score (nSPS) is 12.5. The molecule has 0 bridgehead atoms. The summed E-state index contributed by atoms with van der Waals surface area (Å²) in [4.78, 5) is 4.32. The molecule has 2 nitrogen and oxygen atoms in total. The summed E-state index contributed by atoms with van der Waals surface area (Å²) in [5.74, 6) is -0.294. The van der Waals surface area contributed by atoms with Crippen LogP contribution in [0.2, 0.25) is 0 Å². The van der Waals surface area contributed by atoms with E-state index >= 15 is 0 Å². The highest BCUT2D eigenvalue weighted by atomic mass is 16.3. The fourth-order valence-corrected chi connectivity index (χ4v) is 3.75. The van der Waals surface area contributed by atoms with Crippen LogP contribution in [-0.4, -0.2) is 10.1 Å². The second-order valence-corrected chi connectivity index (χ2v) is 6.63. The molecule has 0 unspecified atom stereocenters. The molecular weight excluding hydrogens is 330 g/mol. The topological polar surface area (TPSA) is 33.1 Å². The largest absolute Gasteiger partial charge is 0.379 e. The van der Waals surface area contributed by atoms with Gasteiger partial charge in [0.25, 0.3) is 0 Å². The predicted molar refractivity (Wildman–Crippen MR) is 108 cm³/mol. The molecule has 0 amide bonds. The molecule has 0 spiro atoms. The first kappa shape index (κ1) is 17.2. The Kier molecular flexibility index (Phi) is 4.82. The quantitative estimate of drug-likeness (QED) is 0.539. The Bertz CT molecular complexity index is 891. The van der Waals surface area contributed by atoms with Crippen molar-refractivity contribution in [2.24, 2.45) is 0 Å². The Morgan fingerprint density at radius 3 is 1.56 bits per heavy atom. The summed E-state index contributed by atoms with van der Waals surface area (Å²) in [6, 6.07) is 33.8. The Hall–Kier alpha value is -3.23. The summed E-state index contributed by atoms with van der Waals surface area (Å²) in [6.45, 7) is 0. The van der Waals surface area contributed by atoms with Crippen LogP contribution < -0.4 is 0 Å². The van der Waals surface area contributed by atoms with Gasteiger partial charge in [-0.2, -0.15) is 0 Å². The molecule has 0 fully saturated rings. The minimum Gasteiger partial charge on any atom is -0.379 e. The summed E-state index contributed by atoms with van der Waals surface area (Å²) in [5, 5.41) is 12.3. The van der Waals surface area contributed by atoms with Crippen molar-refractivity contribution in [2.75, 3.05) is 0 Å². The van der Waals surface area contributed by atoms with Gasteiger partial charge in [-0.05, 0) is 28.3 Å². The molecule has 0 saturated carbocycles. The number of aromatic nitrogens is 1. The zero-order chi connectivity index (χ0) is 18.5. The maximum Gasteiger partial charge on any atom is 0.126 e. The molecule has 0 aliphatic carbocycles. The van der Waals surface area contributed by atoms with Gasteiger partial charge in [-0.25, -0.2) is 0 Å². The molecule has 0 radical (unpaired) electrons. The molecule has 27 heavy (non-hydrogen) atoms. The molecule has 0 aliphatic heterocycles. The molecule has 0 saturated heterocycles. The maximum absolute atomic E-state index is 12.3. The SMILES string of the molecule is OC(c1ccccc1)(c1ccccc1)[C@H](c1ccccc1)c1cccnc1. The van der Waals surface area contributed by atoms with Gasteiger partial charge in [0.15, 0.2) is 0 Å². The van der Waals surface area contributed by atoms with Crippen molar-refractivity contribution in [1.29, 1.82) is 0 Å². The van der Waals surface area contributed by atoms with E-state index in [0.717, 1.165) is 22.3 Å². The molecule has 1 atom stereocenters. The highest BCUT2D eigenvalue weighted by molar-refractivity contribution is 5.46. The lowest BCUT2D eigenvalue weighted by Gasteiger charge is -2.38. The molecule has 1 aromatic heterocycles. The Labute approximate surface area is 159 Å². The van der Waals surface area contributed by atoms with E-state index in [-0.39, 0.29) is 5.92 Å². The third kappa shape index (κ3) is 3.27. The Morgan fingerprint density at radius 1 is 0.593 bits per heavy atom. The van der Waals surface area contributed by atoms with E-state index in [1.807, 2.05) is 97.2 Å². The van der Waals surface area contributed by atoms with Crippen LogP contribution in [0.5, 0.6) is 0 Å². The van der Waals surface area contributed by atoms with E-state index in [1.165, 1.54) is 0 Å². The van der Waals surface area contributed by atoms with E-state index in [0.29, 0.717) is 0 Å². The first-order chi connectivity index (χ1) is 13.3. The third-order valence-corrected chi connectivity index (χ3v) is 5.00. The fourth-order valence-electron chi connectivity index (χ4n) is 3.75. The van der Waals surface area contributed by atoms with Crippen LogP contribution in [-0.2, 0) is 5.60 Å². The van der Waals surface area contributed by atoms with Crippen LogP contribution in [0.4, 0.5) is 0 Å². The molecule has 0 aliphatic rings. The predicted octanol–water partition coefficient (Wildman–Crippen LogP) is 5.15. The number of aliphatic hydroxyl groups is 1. The standard InChI is InChI=1S/C25H21NO/c27-25(22-14-6-2-7-15-22,23-16-8-3-9-17-23)24(20-11-4-1-5-12-20)21-13-10-18-26-19-21/h1-19,24,27H/t24-/m1/s1. The van der Waals surface area contributed by atoms with Gasteiger partial charge in [0, 0.05) is 18.3 Å². The van der Waals surface area contributed by atoms with Gasteiger partial charge < -0.3 is 5.11 Å². The van der Waals surface area contributed by atoms with Crippen molar-refractivity contribution < 1.29 is 5.11 Å². The number of rotatable bonds is 5. The van der Waals surface area contributed by atoms with Gasteiger partial charge in [-0.1, -0.05) is 97.1 Å². The van der Waals surface area contributed by atoms with Crippen molar-refractivity contribution in [3.8, 4) is 0 Å². The number of hydrogen-bond acceptors (Lipinski definition) is 2. The lowest BCUT2D eigenvalue weighted by atomic mass is 9.70. The van der Waals surface area contributed by atoms with Gasteiger partial charge in [0.05, 0.1) is 0 Å². The fraction of sp³-hybridized carbons (Fsp3) is 0.0800. The van der Waals surface area contributed by atoms with Crippen LogP contribution in [0.15, 0.2) is 116 Å². The van der Waals surface area contributed by atoms with E-state index in [9.17, 15) is 5.11 Å². The molecule has 2 heteroatoms. The molecule has 132 valence electrons. The second-order valence-electron chi connectivity index (χ2n) is 6.63. The number of nitrogens with zero attached hydrogens (tertiary/aromatic N) is 1. The van der Waals surface area contributed by atoms with E-state index in [4.69, 9.17) is 0 Å². The highest BCUT2D eigenvalue weighted by Gasteiger charge is 2.42. The van der Waals surface area contributed by atoms with Gasteiger partial charge >= 0.3 is 0 Å². The van der Waals surface area contributed by atoms with Gasteiger partial charge in [0.1, 0.15) is 5.60 Å². The monoisotopic (exact) mass is 351 g/mol. The van der Waals surface area contributed by atoms with Crippen molar-refractivity contribution >= 4 is 0 Å². The van der Waals surface area contributed by atoms with Crippen LogP contribution >= 0.6 is 0 Å². The van der Waals surface area contributed by atoms with Crippen molar-refractivity contribution in [1.82, 2.24) is 4.98 Å². The lowest BCUT2D eigenvalue weighted by Crippen LogP contribution is -2.35. The first-order valence-electron chi connectivity index (χ1n) is 9.08. The number of pyridine rings is 1. The van der Waals surface area contributed by atoms with Gasteiger partial charge in [0.2, 0.25) is 0 Å². The number of benzene rings is 3. The van der Waals surface area contributed by atoms with Crippen LogP contribution in [0, 0.1) is 0 Å². The smallest absolute Gasteiger partial charge is 0.126 e. The average Bonchev–Trinajstić information content (AvgIpc) is 2.76. The first-order valence-corrected chi connectivity index (χ1v) is 9.08. The molecule has 1 N–H and O–H groups in total. The van der Waals surface area contributed by atoms with Crippen molar-refractivity contribution in [3.05, 3.63) is 138 Å².